The molecule has 0 saturated heterocycles. The third-order valence-electron chi connectivity index (χ3n) is 4.09. The van der Waals surface area contributed by atoms with Gasteiger partial charge in [-0.25, -0.2) is 0 Å². The third-order valence-corrected chi connectivity index (χ3v) is 4.62. The van der Waals surface area contributed by atoms with Gasteiger partial charge in [0.1, 0.15) is 5.75 Å². The van der Waals surface area contributed by atoms with Gasteiger partial charge in [-0.2, -0.15) is 0 Å². The Bertz CT molecular complexity index is 455. The van der Waals surface area contributed by atoms with Crippen LogP contribution in [0.15, 0.2) is 28.7 Å². The normalized spacial score (nSPS) is 17.2. The summed E-state index contributed by atoms with van der Waals surface area (Å²) in [6, 6.07) is 7.37. The van der Waals surface area contributed by atoms with Crippen molar-refractivity contribution in [1.29, 1.82) is 0 Å². The predicted molar refractivity (Wildman–Crippen MR) is 85.3 cm³/mol. The molecular weight excluding hydrogens is 334 g/mol. The molecule has 0 aromatic heterocycles. The third kappa shape index (κ3) is 5.00. The number of aliphatic hydroxyl groups excluding tert-OH is 1. The standard InChI is InChI=1S/C16H22BrNO3/c17-13-4-6-14(7-5-13)21-10-15(20)18-11-16(12-19)8-2-1-3-9-16/h4-7,19H,1-3,8-12H2,(H,18,20). The second-order valence-electron chi connectivity index (χ2n) is 5.74. The van der Waals surface area contributed by atoms with E-state index in [4.69, 9.17) is 4.74 Å². The van der Waals surface area contributed by atoms with Gasteiger partial charge in [0.2, 0.25) is 0 Å². The molecule has 1 aromatic rings. The second-order valence-corrected chi connectivity index (χ2v) is 6.65. The number of carbonyl (C=O) groups excluding carboxylic acids is 1. The summed E-state index contributed by atoms with van der Waals surface area (Å²) in [6.45, 7) is 0.677. The van der Waals surface area contributed by atoms with Crippen LogP contribution in [0.2, 0.25) is 0 Å². The summed E-state index contributed by atoms with van der Waals surface area (Å²) in [7, 11) is 0. The van der Waals surface area contributed by atoms with E-state index in [0.717, 1.165) is 30.2 Å². The number of hydrogen-bond donors (Lipinski definition) is 2. The Morgan fingerprint density at radius 2 is 1.90 bits per heavy atom. The minimum Gasteiger partial charge on any atom is -0.484 e. The van der Waals surface area contributed by atoms with Crippen LogP contribution in [0.1, 0.15) is 32.1 Å². The van der Waals surface area contributed by atoms with Crippen LogP contribution in [0, 0.1) is 5.41 Å². The Balaban J connectivity index is 1.75. The highest BCUT2D eigenvalue weighted by molar-refractivity contribution is 9.10. The SMILES string of the molecule is O=C(COc1ccc(Br)cc1)NCC1(CO)CCCCC1. The van der Waals surface area contributed by atoms with E-state index in [1.807, 2.05) is 24.3 Å². The molecule has 1 saturated carbocycles. The van der Waals surface area contributed by atoms with Gasteiger partial charge in [-0.3, -0.25) is 4.79 Å². The van der Waals surface area contributed by atoms with E-state index in [-0.39, 0.29) is 24.5 Å². The quantitative estimate of drug-likeness (QED) is 0.824. The molecule has 4 nitrogen and oxygen atoms in total. The van der Waals surface area contributed by atoms with E-state index in [2.05, 4.69) is 21.2 Å². The number of ether oxygens (including phenoxy) is 1. The van der Waals surface area contributed by atoms with Gasteiger partial charge >= 0.3 is 0 Å². The van der Waals surface area contributed by atoms with Crippen molar-refractivity contribution in [3.8, 4) is 5.75 Å². The zero-order valence-corrected chi connectivity index (χ0v) is 13.7. The molecule has 0 aliphatic heterocycles. The molecule has 1 aromatic carbocycles. The largest absolute Gasteiger partial charge is 0.484 e. The highest BCUT2D eigenvalue weighted by Gasteiger charge is 2.31. The summed E-state index contributed by atoms with van der Waals surface area (Å²) in [5.74, 6) is 0.527. The number of carbonyl (C=O) groups is 1. The van der Waals surface area contributed by atoms with Crippen molar-refractivity contribution in [3.05, 3.63) is 28.7 Å². The van der Waals surface area contributed by atoms with Crippen molar-refractivity contribution in [1.82, 2.24) is 5.32 Å². The highest BCUT2D eigenvalue weighted by atomic mass is 79.9. The molecule has 0 atom stereocenters. The van der Waals surface area contributed by atoms with Gasteiger partial charge in [-0.15, -0.1) is 0 Å². The number of nitrogens with one attached hydrogen (secondary N) is 1. The van der Waals surface area contributed by atoms with Crippen LogP contribution in [0.25, 0.3) is 0 Å². The first kappa shape index (κ1) is 16.3. The summed E-state index contributed by atoms with van der Waals surface area (Å²) < 4.78 is 6.41. The smallest absolute Gasteiger partial charge is 0.257 e. The predicted octanol–water partition coefficient (Wildman–Crippen LogP) is 2.89. The maximum absolute atomic E-state index is 11.9. The Labute approximate surface area is 134 Å². The fourth-order valence-corrected chi connectivity index (χ4v) is 2.97. The first-order valence-corrected chi connectivity index (χ1v) is 8.19. The summed E-state index contributed by atoms with van der Waals surface area (Å²) in [5, 5.41) is 12.5. The zero-order valence-electron chi connectivity index (χ0n) is 12.1. The van der Waals surface area contributed by atoms with Crippen molar-refractivity contribution < 1.29 is 14.6 Å². The molecule has 0 spiro atoms. The topological polar surface area (TPSA) is 58.6 Å². The van der Waals surface area contributed by atoms with E-state index in [0.29, 0.717) is 12.3 Å². The first-order chi connectivity index (χ1) is 10.1. The molecule has 5 heteroatoms. The Kier molecular flexibility index (Phi) is 6.06. The van der Waals surface area contributed by atoms with Crippen LogP contribution in [-0.4, -0.2) is 30.8 Å². The van der Waals surface area contributed by atoms with Gasteiger partial charge in [0, 0.05) is 16.4 Å². The van der Waals surface area contributed by atoms with Crippen molar-refractivity contribution in [3.63, 3.8) is 0 Å². The number of halogens is 1. The number of hydrogen-bond acceptors (Lipinski definition) is 3. The lowest BCUT2D eigenvalue weighted by Gasteiger charge is -2.35. The minimum absolute atomic E-state index is 0.00312. The molecule has 2 N–H and O–H groups in total. The molecule has 1 aliphatic rings. The summed E-state index contributed by atoms with van der Waals surface area (Å²) in [4.78, 5) is 11.9. The second kappa shape index (κ2) is 7.80. The maximum atomic E-state index is 11.9. The zero-order chi connectivity index (χ0) is 15.1. The van der Waals surface area contributed by atoms with Crippen molar-refractivity contribution >= 4 is 21.8 Å². The van der Waals surface area contributed by atoms with Gasteiger partial charge in [-0.1, -0.05) is 35.2 Å². The number of benzene rings is 1. The van der Waals surface area contributed by atoms with Crippen LogP contribution in [-0.2, 0) is 4.79 Å². The number of rotatable bonds is 6. The minimum atomic E-state index is -0.142. The summed E-state index contributed by atoms with van der Waals surface area (Å²) in [5.41, 5.74) is -0.133. The molecule has 2 rings (SSSR count). The molecule has 1 fully saturated rings. The van der Waals surface area contributed by atoms with Gasteiger partial charge in [0.05, 0.1) is 6.61 Å². The number of amides is 1. The molecule has 0 bridgehead atoms. The van der Waals surface area contributed by atoms with Crippen molar-refractivity contribution in [2.45, 2.75) is 32.1 Å². The first-order valence-electron chi connectivity index (χ1n) is 7.39. The van der Waals surface area contributed by atoms with Gasteiger partial charge in [0.25, 0.3) is 5.91 Å². The average molecular weight is 356 g/mol. The van der Waals surface area contributed by atoms with Crippen LogP contribution >= 0.6 is 15.9 Å². The fraction of sp³-hybridized carbons (Fsp3) is 0.562. The number of aliphatic hydroxyl groups is 1. The molecule has 1 aliphatic carbocycles. The highest BCUT2D eigenvalue weighted by Crippen LogP contribution is 2.35. The fourth-order valence-electron chi connectivity index (χ4n) is 2.71. The lowest BCUT2D eigenvalue weighted by atomic mass is 9.74. The van der Waals surface area contributed by atoms with E-state index in [9.17, 15) is 9.90 Å². The van der Waals surface area contributed by atoms with E-state index < -0.39 is 0 Å². The maximum Gasteiger partial charge on any atom is 0.257 e. The van der Waals surface area contributed by atoms with Gasteiger partial charge in [-0.05, 0) is 37.1 Å². The van der Waals surface area contributed by atoms with Crippen molar-refractivity contribution in [2.24, 2.45) is 5.41 Å². The monoisotopic (exact) mass is 355 g/mol. The Morgan fingerprint density at radius 3 is 2.52 bits per heavy atom. The van der Waals surface area contributed by atoms with Gasteiger partial charge in [0.15, 0.2) is 6.61 Å². The molecule has 1 amide bonds. The lowest BCUT2D eigenvalue weighted by molar-refractivity contribution is -0.123. The lowest BCUT2D eigenvalue weighted by Crippen LogP contribution is -2.42. The molecule has 116 valence electrons. The van der Waals surface area contributed by atoms with Crippen LogP contribution in [0.4, 0.5) is 0 Å². The molecule has 21 heavy (non-hydrogen) atoms. The van der Waals surface area contributed by atoms with E-state index >= 15 is 0 Å². The van der Waals surface area contributed by atoms with Gasteiger partial charge < -0.3 is 15.2 Å². The van der Waals surface area contributed by atoms with Crippen LogP contribution in [0.5, 0.6) is 5.75 Å². The molecule has 0 unspecified atom stereocenters. The van der Waals surface area contributed by atoms with Crippen molar-refractivity contribution in [2.75, 3.05) is 19.8 Å². The Morgan fingerprint density at radius 1 is 1.24 bits per heavy atom. The van der Waals surface area contributed by atoms with Crippen LogP contribution < -0.4 is 10.1 Å². The summed E-state index contributed by atoms with van der Waals surface area (Å²) >= 11 is 3.35. The van der Waals surface area contributed by atoms with E-state index in [1.54, 1.807) is 0 Å². The van der Waals surface area contributed by atoms with E-state index in [1.165, 1.54) is 6.42 Å². The Hall–Kier alpha value is -1.07. The van der Waals surface area contributed by atoms with Crippen LogP contribution in [0.3, 0.4) is 0 Å². The summed E-state index contributed by atoms with van der Waals surface area (Å²) in [6.07, 6.45) is 5.45. The molecule has 0 radical (unpaired) electrons. The molecule has 0 heterocycles. The average Bonchev–Trinajstić information content (AvgIpc) is 2.53. The molecular formula is C16H22BrNO3.